The number of aryl methyl sites for hydroxylation is 1. The molecule has 0 aliphatic carbocycles. The molecule has 2 amide bonds. The summed E-state index contributed by atoms with van der Waals surface area (Å²) < 4.78 is 25.1. The number of carbonyl (C=O) groups is 1. The summed E-state index contributed by atoms with van der Waals surface area (Å²) in [6.07, 6.45) is 0. The molecule has 0 saturated carbocycles. The van der Waals surface area contributed by atoms with E-state index in [9.17, 15) is 9.18 Å². The fourth-order valence-electron chi connectivity index (χ4n) is 4.17. The van der Waals surface area contributed by atoms with Gasteiger partial charge in [-0.15, -0.1) is 0 Å². The number of anilines is 1. The fraction of sp³-hybridized carbons (Fsp3) is 0.148. The minimum absolute atomic E-state index is 0.257. The molecule has 8 heteroatoms. The predicted octanol–water partition coefficient (Wildman–Crippen LogP) is 5.89. The Morgan fingerprint density at radius 1 is 1.03 bits per heavy atom. The van der Waals surface area contributed by atoms with Crippen LogP contribution in [0.15, 0.2) is 83.0 Å². The van der Waals surface area contributed by atoms with Crippen LogP contribution in [0.4, 0.5) is 14.9 Å². The van der Waals surface area contributed by atoms with E-state index in [1.165, 1.54) is 17.0 Å². The van der Waals surface area contributed by atoms with Crippen LogP contribution >= 0.6 is 0 Å². The highest BCUT2D eigenvalue weighted by Crippen LogP contribution is 2.39. The average molecular weight is 471 g/mol. The largest absolute Gasteiger partial charge is 0.497 e. The van der Waals surface area contributed by atoms with Gasteiger partial charge in [0.05, 0.1) is 24.4 Å². The smallest absolute Gasteiger partial charge is 0.327 e. The number of carbonyl (C=O) groups excluding carboxylic acids is 1. The molecule has 1 aromatic heterocycles. The maximum absolute atomic E-state index is 14.0. The van der Waals surface area contributed by atoms with Gasteiger partial charge in [-0.2, -0.15) is 4.98 Å². The lowest BCUT2D eigenvalue weighted by Crippen LogP contribution is -2.46. The van der Waals surface area contributed by atoms with Crippen LogP contribution in [0.2, 0.25) is 0 Å². The Kier molecular flexibility index (Phi) is 5.78. The van der Waals surface area contributed by atoms with Gasteiger partial charge in [0.1, 0.15) is 11.6 Å². The first-order chi connectivity index (χ1) is 16.9. The van der Waals surface area contributed by atoms with Gasteiger partial charge in [-0.1, -0.05) is 53.2 Å². The Hall–Kier alpha value is -4.46. The summed E-state index contributed by atoms with van der Waals surface area (Å²) in [5.41, 5.74) is 4.25. The van der Waals surface area contributed by atoms with Gasteiger partial charge >= 0.3 is 6.03 Å². The van der Waals surface area contributed by atoms with Crippen molar-refractivity contribution >= 4 is 17.3 Å². The number of allylic oxidation sites excluding steroid dienone is 1. The zero-order valence-corrected chi connectivity index (χ0v) is 19.4. The number of ether oxygens (including phenoxy) is 1. The van der Waals surface area contributed by atoms with Gasteiger partial charge < -0.3 is 14.6 Å². The number of benzene rings is 3. The van der Waals surface area contributed by atoms with E-state index in [0.717, 1.165) is 16.7 Å². The molecule has 176 valence electrons. The molecule has 5 rings (SSSR count). The van der Waals surface area contributed by atoms with Crippen LogP contribution in [0.5, 0.6) is 5.75 Å². The third-order valence-corrected chi connectivity index (χ3v) is 5.94. The normalized spacial score (nSPS) is 15.8. The zero-order valence-electron chi connectivity index (χ0n) is 19.4. The number of aromatic nitrogens is 2. The van der Waals surface area contributed by atoms with Gasteiger partial charge in [-0.3, -0.25) is 4.90 Å². The number of nitrogens with zero attached hydrogens (tertiary/aromatic N) is 3. The number of urea groups is 1. The Morgan fingerprint density at radius 3 is 2.54 bits per heavy atom. The molecule has 0 saturated heterocycles. The first-order valence-electron chi connectivity index (χ1n) is 11.1. The van der Waals surface area contributed by atoms with Gasteiger partial charge in [-0.25, -0.2) is 9.18 Å². The average Bonchev–Trinajstić information content (AvgIpc) is 3.34. The van der Waals surface area contributed by atoms with Crippen molar-refractivity contribution in [3.63, 3.8) is 0 Å². The van der Waals surface area contributed by atoms with E-state index in [2.05, 4.69) is 15.5 Å². The molecule has 7 nitrogen and oxygen atoms in total. The molecule has 0 bridgehead atoms. The quantitative estimate of drug-likeness (QED) is 0.393. The Bertz CT molecular complexity index is 1430. The maximum Gasteiger partial charge on any atom is 0.327 e. The minimum atomic E-state index is -0.589. The summed E-state index contributed by atoms with van der Waals surface area (Å²) in [5.74, 6) is 0.886. The Morgan fingerprint density at radius 2 is 1.80 bits per heavy atom. The summed E-state index contributed by atoms with van der Waals surface area (Å²) in [4.78, 5) is 19.3. The second kappa shape index (κ2) is 9.06. The Labute approximate surface area is 201 Å². The van der Waals surface area contributed by atoms with Crippen LogP contribution in [0.25, 0.3) is 17.0 Å². The number of nitrogens with one attached hydrogen (secondary N) is 1. The van der Waals surface area contributed by atoms with Gasteiger partial charge in [0.2, 0.25) is 5.82 Å². The molecular formula is C27H23FN4O3. The monoisotopic (exact) mass is 470 g/mol. The lowest BCUT2D eigenvalue weighted by molar-refractivity contribution is 0.244. The van der Waals surface area contributed by atoms with Gasteiger partial charge in [0, 0.05) is 11.3 Å². The summed E-state index contributed by atoms with van der Waals surface area (Å²) in [6, 6.07) is 20.1. The molecule has 4 aromatic rings. The molecule has 1 unspecified atom stereocenters. The molecule has 0 spiro atoms. The highest BCUT2D eigenvalue weighted by Gasteiger charge is 2.36. The number of rotatable bonds is 5. The van der Waals surface area contributed by atoms with Gasteiger partial charge in [-0.05, 0) is 49.7 Å². The number of hydrogen-bond acceptors (Lipinski definition) is 5. The highest BCUT2D eigenvalue weighted by molar-refractivity contribution is 6.01. The Balaban J connectivity index is 1.66. The number of hydrogen-bond donors (Lipinski definition) is 1. The van der Waals surface area contributed by atoms with Crippen molar-refractivity contribution in [1.29, 1.82) is 0 Å². The van der Waals surface area contributed by atoms with Crippen LogP contribution in [-0.2, 0) is 0 Å². The molecule has 0 fully saturated rings. The van der Waals surface area contributed by atoms with Crippen molar-refractivity contribution in [1.82, 2.24) is 15.5 Å². The molecule has 3 aromatic carbocycles. The standard InChI is InChI=1S/C27H23FN4O3/c1-16-10-12-18(13-11-16)25-30-26(35-31-25)23-17(2)32(21-8-5-7-20(28)15-21)27(33)29-24(23)19-6-4-9-22(14-19)34-3/h4-15,24H,1-3H3,(H,29,33). The molecule has 0 radical (unpaired) electrons. The minimum Gasteiger partial charge on any atom is -0.497 e. The lowest BCUT2D eigenvalue weighted by atomic mass is 9.94. The molecule has 35 heavy (non-hydrogen) atoms. The van der Waals surface area contributed by atoms with Crippen LogP contribution in [-0.4, -0.2) is 23.3 Å². The zero-order chi connectivity index (χ0) is 24.5. The fourth-order valence-corrected chi connectivity index (χ4v) is 4.17. The number of amides is 2. The second-order valence-electron chi connectivity index (χ2n) is 8.26. The van der Waals surface area contributed by atoms with E-state index >= 15 is 0 Å². The van der Waals surface area contributed by atoms with E-state index in [1.54, 1.807) is 26.2 Å². The third-order valence-electron chi connectivity index (χ3n) is 5.94. The van der Waals surface area contributed by atoms with E-state index in [4.69, 9.17) is 9.26 Å². The van der Waals surface area contributed by atoms with Crippen LogP contribution < -0.4 is 15.0 Å². The van der Waals surface area contributed by atoms with E-state index in [0.29, 0.717) is 28.5 Å². The SMILES string of the molecule is COc1cccc(C2NC(=O)N(c3cccc(F)c3)C(C)=C2c2nc(-c3ccc(C)cc3)no2)c1. The topological polar surface area (TPSA) is 80.5 Å². The van der Waals surface area contributed by atoms with Crippen LogP contribution in [0, 0.1) is 12.7 Å². The molecule has 1 N–H and O–H groups in total. The molecule has 1 atom stereocenters. The molecular weight excluding hydrogens is 447 g/mol. The van der Waals surface area contributed by atoms with Crippen molar-refractivity contribution in [2.45, 2.75) is 19.9 Å². The summed E-state index contributed by atoms with van der Waals surface area (Å²) in [5, 5.41) is 7.19. The summed E-state index contributed by atoms with van der Waals surface area (Å²) in [7, 11) is 1.58. The van der Waals surface area contributed by atoms with Crippen molar-refractivity contribution in [2.24, 2.45) is 0 Å². The second-order valence-corrected chi connectivity index (χ2v) is 8.26. The maximum atomic E-state index is 14.0. The van der Waals surface area contributed by atoms with Crippen molar-refractivity contribution in [3.8, 4) is 17.1 Å². The molecule has 1 aliphatic rings. The van der Waals surface area contributed by atoms with Gasteiger partial charge in [0.25, 0.3) is 5.89 Å². The summed E-state index contributed by atoms with van der Waals surface area (Å²) >= 11 is 0. The molecule has 1 aliphatic heterocycles. The van der Waals surface area contributed by atoms with Crippen LogP contribution in [0.1, 0.15) is 30.0 Å². The number of halogens is 1. The van der Waals surface area contributed by atoms with Crippen molar-refractivity contribution in [2.75, 3.05) is 12.0 Å². The third kappa shape index (κ3) is 4.26. The predicted molar refractivity (Wildman–Crippen MR) is 130 cm³/mol. The van der Waals surface area contributed by atoms with E-state index < -0.39 is 17.9 Å². The van der Waals surface area contributed by atoms with Crippen molar-refractivity contribution in [3.05, 3.63) is 101 Å². The first-order valence-corrected chi connectivity index (χ1v) is 11.1. The van der Waals surface area contributed by atoms with E-state index in [-0.39, 0.29) is 5.89 Å². The van der Waals surface area contributed by atoms with Crippen molar-refractivity contribution < 1.29 is 18.4 Å². The van der Waals surface area contributed by atoms with Gasteiger partial charge in [0.15, 0.2) is 0 Å². The number of methoxy groups -OCH3 is 1. The highest BCUT2D eigenvalue weighted by atomic mass is 19.1. The summed E-state index contributed by atoms with van der Waals surface area (Å²) in [6.45, 7) is 3.78. The molecule has 2 heterocycles. The first kappa shape index (κ1) is 22.3. The lowest BCUT2D eigenvalue weighted by Gasteiger charge is -2.35. The van der Waals surface area contributed by atoms with E-state index in [1.807, 2.05) is 55.5 Å². The van der Waals surface area contributed by atoms with Crippen LogP contribution in [0.3, 0.4) is 0 Å².